The average molecular weight is 147 g/mol. The van der Waals surface area contributed by atoms with Gasteiger partial charge in [-0.3, -0.25) is 0 Å². The number of rotatable bonds is 2. The van der Waals surface area contributed by atoms with Gasteiger partial charge in [0.2, 0.25) is 0 Å². The topological polar surface area (TPSA) is 0 Å². The monoisotopic (exact) mass is 147 g/mol. The van der Waals surface area contributed by atoms with Crippen LogP contribution in [0.1, 0.15) is 13.3 Å². The molecule has 1 radical (unpaired) electrons. The zero-order chi connectivity index (χ0) is 4.99. The van der Waals surface area contributed by atoms with E-state index in [1.165, 1.54) is 6.42 Å². The van der Waals surface area contributed by atoms with Crippen molar-refractivity contribution in [2.75, 3.05) is 0 Å². The van der Waals surface area contributed by atoms with Gasteiger partial charge < -0.3 is 0 Å². The van der Waals surface area contributed by atoms with Crippen LogP contribution in [0.3, 0.4) is 0 Å². The molecular formula is C5H12As. The van der Waals surface area contributed by atoms with Crippen molar-refractivity contribution in [3.63, 3.8) is 0 Å². The Hall–Kier alpha value is 0.558. The molecule has 0 spiro atoms. The molecule has 0 unspecified atom stereocenters. The van der Waals surface area contributed by atoms with Gasteiger partial charge in [0.1, 0.15) is 0 Å². The van der Waals surface area contributed by atoms with Crippen molar-refractivity contribution < 1.29 is 0 Å². The fourth-order valence-corrected chi connectivity index (χ4v) is 1.90. The third kappa shape index (κ3) is 4.56. The molecule has 0 aliphatic carbocycles. The second-order valence-electron chi connectivity index (χ2n) is 1.55. The Bertz CT molecular complexity index is 25.1. The summed E-state index contributed by atoms with van der Waals surface area (Å²) in [7, 11) is 0. The van der Waals surface area contributed by atoms with Gasteiger partial charge in [0.25, 0.3) is 0 Å². The van der Waals surface area contributed by atoms with Gasteiger partial charge >= 0.3 is 44.6 Å². The summed E-state index contributed by atoms with van der Waals surface area (Å²) in [5.74, 6) is 0. The van der Waals surface area contributed by atoms with E-state index >= 15 is 0 Å². The number of hydrogen-bond donors (Lipinski definition) is 0. The van der Waals surface area contributed by atoms with Crippen molar-refractivity contribution in [2.45, 2.75) is 24.8 Å². The summed E-state index contributed by atoms with van der Waals surface area (Å²) < 4.78 is 0. The summed E-state index contributed by atoms with van der Waals surface area (Å²) in [6.07, 6.45) is 1.27. The normalized spacial score (nSPS) is 10.0. The molecule has 0 N–H and O–H groups in total. The summed E-state index contributed by atoms with van der Waals surface area (Å²) in [6, 6.07) is 0. The second kappa shape index (κ2) is 3.74. The molecule has 0 aromatic rings. The molecule has 0 atom stereocenters. The molecule has 0 bridgehead atoms. The van der Waals surface area contributed by atoms with E-state index < -0.39 is 0 Å². The van der Waals surface area contributed by atoms with Gasteiger partial charge in [-0.25, -0.2) is 0 Å². The summed E-state index contributed by atoms with van der Waals surface area (Å²) in [5.41, 5.74) is 4.69. The fraction of sp³-hybridized carbons (Fsp3) is 0.800. The molecule has 0 nitrogen and oxygen atoms in total. The van der Waals surface area contributed by atoms with Crippen LogP contribution in [-0.2, 0) is 0 Å². The molecule has 0 fully saturated rings. The van der Waals surface area contributed by atoms with E-state index in [9.17, 15) is 0 Å². The number of hydrogen-bond acceptors (Lipinski definition) is 0. The van der Waals surface area contributed by atoms with Crippen LogP contribution in [0, 0.1) is 5.21 Å². The Morgan fingerprint density at radius 3 is 2.00 bits per heavy atom. The Balaban J connectivity index is 2.63. The molecular weight excluding hydrogens is 135 g/mol. The van der Waals surface area contributed by atoms with Crippen LogP contribution in [0.5, 0.6) is 0 Å². The molecule has 6 heavy (non-hydrogen) atoms. The molecule has 0 saturated heterocycles. The van der Waals surface area contributed by atoms with Gasteiger partial charge in [0.05, 0.1) is 0 Å². The van der Waals surface area contributed by atoms with E-state index in [0.717, 1.165) is 0 Å². The summed E-state index contributed by atoms with van der Waals surface area (Å²) in [4.78, 5) is 0. The van der Waals surface area contributed by atoms with E-state index in [2.05, 4.69) is 23.6 Å². The fourth-order valence-electron chi connectivity index (χ4n) is 0.365. The molecule has 0 aromatic heterocycles. The first-order valence-electron chi connectivity index (χ1n) is 2.27. The van der Waals surface area contributed by atoms with Crippen LogP contribution in [-0.4, -0.2) is 14.7 Å². The average Bonchev–Trinajstić information content (AvgIpc) is 1.35. The zero-order valence-electron chi connectivity index (χ0n) is 4.73. The second-order valence-corrected chi connectivity index (χ2v) is 6.36. The van der Waals surface area contributed by atoms with Crippen molar-refractivity contribution in [1.29, 1.82) is 0 Å². The van der Waals surface area contributed by atoms with Gasteiger partial charge in [0, 0.05) is 0 Å². The quantitative estimate of drug-likeness (QED) is 0.523. The van der Waals surface area contributed by atoms with Gasteiger partial charge in [0.15, 0.2) is 0 Å². The first kappa shape index (κ1) is 6.56. The van der Waals surface area contributed by atoms with Crippen molar-refractivity contribution in [2.24, 2.45) is 0 Å². The standard InChI is InChI=1S/C5H12As/c1-4-5-6(2)3/h5H,4H2,1-3H3. The molecule has 0 aliphatic rings. The van der Waals surface area contributed by atoms with E-state index in [4.69, 9.17) is 0 Å². The molecule has 0 heterocycles. The van der Waals surface area contributed by atoms with Gasteiger partial charge in [-0.15, -0.1) is 0 Å². The third-order valence-corrected chi connectivity index (χ3v) is 2.85. The minimum atomic E-state index is -0.349. The SMILES string of the molecule is CC[CH][As](C)C. The molecule has 0 aliphatic heterocycles. The zero-order valence-corrected chi connectivity index (χ0v) is 6.61. The predicted molar refractivity (Wildman–Crippen MR) is 32.1 cm³/mol. The van der Waals surface area contributed by atoms with Gasteiger partial charge in [-0.1, -0.05) is 0 Å². The Morgan fingerprint density at radius 2 is 2.00 bits per heavy atom. The molecule has 0 rings (SSSR count). The van der Waals surface area contributed by atoms with E-state index in [1.54, 1.807) is 0 Å². The van der Waals surface area contributed by atoms with Crippen LogP contribution in [0.25, 0.3) is 0 Å². The summed E-state index contributed by atoms with van der Waals surface area (Å²) in [5, 5.41) is 2.44. The molecule has 37 valence electrons. The molecule has 1 heteroatoms. The maximum absolute atomic E-state index is 2.44. The first-order chi connectivity index (χ1) is 2.77. The van der Waals surface area contributed by atoms with Crippen molar-refractivity contribution in [1.82, 2.24) is 0 Å². The van der Waals surface area contributed by atoms with E-state index in [-0.39, 0.29) is 14.7 Å². The predicted octanol–water partition coefficient (Wildman–Crippen LogP) is 1.89. The molecule has 0 saturated carbocycles. The van der Waals surface area contributed by atoms with Crippen molar-refractivity contribution in [3.05, 3.63) is 5.21 Å². The van der Waals surface area contributed by atoms with Gasteiger partial charge in [-0.05, 0) is 0 Å². The van der Waals surface area contributed by atoms with Crippen molar-refractivity contribution in [3.8, 4) is 0 Å². The molecule has 0 amide bonds. The Morgan fingerprint density at radius 1 is 1.50 bits per heavy atom. The summed E-state index contributed by atoms with van der Waals surface area (Å²) >= 11 is -0.349. The van der Waals surface area contributed by atoms with Crippen molar-refractivity contribution >= 4 is 14.7 Å². The third-order valence-electron chi connectivity index (χ3n) is 0.548. The van der Waals surface area contributed by atoms with Gasteiger partial charge in [-0.2, -0.15) is 0 Å². The van der Waals surface area contributed by atoms with Crippen LogP contribution in [0.4, 0.5) is 0 Å². The Labute approximate surface area is 45.2 Å². The molecule has 0 aromatic carbocycles. The van der Waals surface area contributed by atoms with Crippen LogP contribution < -0.4 is 0 Å². The maximum atomic E-state index is 2.44. The van der Waals surface area contributed by atoms with E-state index in [0.29, 0.717) is 0 Å². The summed E-state index contributed by atoms with van der Waals surface area (Å²) in [6.45, 7) is 2.20. The van der Waals surface area contributed by atoms with Crippen LogP contribution >= 0.6 is 0 Å². The van der Waals surface area contributed by atoms with E-state index in [1.807, 2.05) is 0 Å². The van der Waals surface area contributed by atoms with Crippen LogP contribution in [0.15, 0.2) is 0 Å². The van der Waals surface area contributed by atoms with Crippen LogP contribution in [0.2, 0.25) is 11.4 Å². The first-order valence-corrected chi connectivity index (χ1v) is 7.10. The Kier molecular flexibility index (Phi) is 4.09. The minimum absolute atomic E-state index is 0.349.